The number of piperazine rings is 2. The second-order valence-electron chi connectivity index (χ2n) is 34.0. The summed E-state index contributed by atoms with van der Waals surface area (Å²) in [6, 6.07) is 55.8. The highest BCUT2D eigenvalue weighted by Gasteiger charge is 2.36. The summed E-state index contributed by atoms with van der Waals surface area (Å²) in [7, 11) is 7.49. The van der Waals surface area contributed by atoms with Crippen LogP contribution in [0.3, 0.4) is 0 Å². The topological polar surface area (TPSA) is 248 Å². The van der Waals surface area contributed by atoms with E-state index < -0.39 is 0 Å². The van der Waals surface area contributed by atoms with Gasteiger partial charge < -0.3 is 54.7 Å². The Morgan fingerprint density at radius 3 is 1.26 bits per heavy atom. The Kier molecular flexibility index (Phi) is 25.3. The first-order chi connectivity index (χ1) is 61.1. The molecule has 4 N–H and O–H groups in total. The number of aryl methyl sites for hydroxylation is 5. The highest BCUT2D eigenvalue weighted by Crippen LogP contribution is 2.40. The van der Waals surface area contributed by atoms with E-state index in [1.54, 1.807) is 54.9 Å². The van der Waals surface area contributed by atoms with E-state index in [9.17, 15) is 9.59 Å². The molecule has 21 heterocycles. The first-order valence-corrected chi connectivity index (χ1v) is 44.5. The third-order valence-corrected chi connectivity index (χ3v) is 26.1. The molecule has 6 fully saturated rings. The van der Waals surface area contributed by atoms with Crippen LogP contribution in [0.2, 0.25) is 5.02 Å². The Bertz CT molecular complexity index is 6380. The van der Waals surface area contributed by atoms with Crippen LogP contribution in [0.4, 0.5) is 17.5 Å². The Hall–Kier alpha value is -12.1. The number of hydrogen-bond donors (Lipinski definition) is 4. The third kappa shape index (κ3) is 18.5. The maximum atomic E-state index is 12.1. The van der Waals surface area contributed by atoms with Gasteiger partial charge in [0, 0.05) is 165 Å². The number of nitrogens with one attached hydrogen (secondary N) is 4. The molecule has 27 heteroatoms. The van der Waals surface area contributed by atoms with E-state index in [-0.39, 0.29) is 65.6 Å². The molecule has 26 nitrogen and oxygen atoms in total. The second kappa shape index (κ2) is 37.7. The van der Waals surface area contributed by atoms with Crippen molar-refractivity contribution in [2.24, 2.45) is 14.1 Å². The first-order valence-electron chi connectivity index (χ1n) is 44.1. The Balaban J connectivity index is 0.000000113. The van der Waals surface area contributed by atoms with E-state index in [2.05, 4.69) is 209 Å². The number of ether oxygens (including phenoxy) is 1. The molecule has 0 radical (unpaired) electrons. The lowest BCUT2D eigenvalue weighted by Crippen LogP contribution is -2.47. The maximum absolute atomic E-state index is 12.1. The minimum atomic E-state index is -0.0210. The van der Waals surface area contributed by atoms with Gasteiger partial charge >= 0.3 is 0 Å². The molecule has 6 saturated heterocycles. The van der Waals surface area contributed by atoms with Crippen molar-refractivity contribution in [1.29, 1.82) is 0 Å². The van der Waals surface area contributed by atoms with Crippen LogP contribution in [0.5, 0.6) is 0 Å². The summed E-state index contributed by atoms with van der Waals surface area (Å²) in [6.45, 7) is 14.4. The van der Waals surface area contributed by atoms with Crippen LogP contribution in [0.15, 0.2) is 242 Å². The van der Waals surface area contributed by atoms with Crippen molar-refractivity contribution < 1.29 is 4.74 Å². The van der Waals surface area contributed by atoms with Crippen molar-refractivity contribution in [3.05, 3.63) is 320 Å². The summed E-state index contributed by atoms with van der Waals surface area (Å²) in [5.41, 5.74) is 19.9. The average molecular weight is 1690 g/mol. The van der Waals surface area contributed by atoms with Crippen LogP contribution in [-0.2, 0) is 18.8 Å². The fraction of sp³-hybridized carbons (Fsp3) is 0.357. The van der Waals surface area contributed by atoms with E-state index in [0.29, 0.717) is 5.02 Å². The molecule has 0 amide bonds. The molecule has 15 aromatic heterocycles. The maximum Gasteiger partial charge on any atom is 0.250 e. The van der Waals surface area contributed by atoms with Crippen molar-refractivity contribution in [2.75, 3.05) is 81.2 Å². The number of anilines is 3. The largest absolute Gasteiger partial charge is 0.381 e. The molecule has 9 atom stereocenters. The first kappa shape index (κ1) is 83.7. The lowest BCUT2D eigenvalue weighted by atomic mass is 9.92. The lowest BCUT2D eigenvalue weighted by Gasteiger charge is -2.36. The molecule has 0 spiro atoms. The van der Waals surface area contributed by atoms with E-state index in [4.69, 9.17) is 36.3 Å². The van der Waals surface area contributed by atoms with Gasteiger partial charge in [0.25, 0.3) is 5.56 Å². The number of hydrogen-bond acceptors (Lipinski definition) is 20. The van der Waals surface area contributed by atoms with E-state index in [1.807, 2.05) is 110 Å². The highest BCUT2D eigenvalue weighted by molar-refractivity contribution is 6.31. The molecule has 6 aliphatic rings. The number of halogens is 1. The summed E-state index contributed by atoms with van der Waals surface area (Å²) in [6.07, 6.45) is 33.4. The van der Waals surface area contributed by atoms with Crippen molar-refractivity contribution in [1.82, 2.24) is 97.8 Å². The number of likely N-dealkylation sites (N-methyl/N-ethyl adjacent to an activating group) is 1. The minimum Gasteiger partial charge on any atom is -0.381 e. The fourth-order valence-electron chi connectivity index (χ4n) is 18.9. The standard InChI is InChI=1S/C27H31N7.2C24H25N5O.C23H29ClN6O/c1-20-7-6-14-29-27(20)22-9-4-8-21(30-22)23-19-34-25(31-23)11-5-12-26(34)33-17-15-32(16-18-33)24-10-2-3-13-28-24;1-16-6-5-13-25-24(16)19-8-3-7-18(26-19)20-15-29-21(9-4-10-22(29)27-20)17-11-12-23(30)28(2)14-17;1-16-6-5-12-25-24(16)19-8-3-7-18(26-19)20-15-29-21(9-4-10-22(29)27-20)17-11-13-28(2)23(30)14-17;1-28-9-11-29(12-10-28)22-7-3-6-21-27-20(15-30(21)22)18-13-16(31-2)14-19(26-18)23-17(24)5-4-8-25-23/h2-3,5-7,10-14,19,21-22,30H,4,8-9,15-18H2,1H3;2*4-6,9-15,18-19,26H,3,7-8H2,1-2H3;3-8,15-16,18-19,26H,9-14H2,1-2H3/t21-,22+;2*18-,19+;16-,18+,19-/m1110/s1. The second-order valence-corrected chi connectivity index (χ2v) is 34.5. The Morgan fingerprint density at radius 1 is 0.368 bits per heavy atom. The fourth-order valence-corrected chi connectivity index (χ4v) is 19.2. The van der Waals surface area contributed by atoms with E-state index >= 15 is 0 Å². The van der Waals surface area contributed by atoms with Gasteiger partial charge in [0.2, 0.25) is 5.56 Å². The summed E-state index contributed by atoms with van der Waals surface area (Å²) < 4.78 is 17.7. The summed E-state index contributed by atoms with van der Waals surface area (Å²) in [5.74, 6) is 3.48. The monoisotopic (exact) mass is 1690 g/mol. The van der Waals surface area contributed by atoms with Crippen molar-refractivity contribution in [3.8, 4) is 22.5 Å². The smallest absolute Gasteiger partial charge is 0.250 e. The molecular formula is C98H110ClN23O3. The SMILES string of the molecule is CO[C@@H]1C[C@@H](c2ncccc2Cl)N[C@@H](c2cn3c(N4CCN(C)CC4)cccc3n2)C1.Cc1cccnc1[C@@H]1CCC[C@H](c2cn3c(-c4ccc(=O)n(C)c4)cccc3n2)N1.Cc1cccnc1[C@@H]1CCC[C@H](c2cn3c(-c4ccn(C)c(=O)c4)cccc3n2)N1.Cc1cccnc1[C@@H]1CCC[C@H](c2cn3c(N4CCN(c5ccccn5)CC4)cccc3n2)N1. The summed E-state index contributed by atoms with van der Waals surface area (Å²) >= 11 is 6.45. The molecule has 21 rings (SSSR count). The zero-order valence-corrected chi connectivity index (χ0v) is 72.9. The van der Waals surface area contributed by atoms with Crippen molar-refractivity contribution in [3.63, 3.8) is 0 Å². The van der Waals surface area contributed by atoms with Gasteiger partial charge in [0.15, 0.2) is 0 Å². The Labute approximate surface area is 733 Å². The highest BCUT2D eigenvalue weighted by atomic mass is 35.5. The van der Waals surface area contributed by atoms with Gasteiger partial charge in [-0.3, -0.25) is 47.1 Å². The van der Waals surface area contributed by atoms with Gasteiger partial charge in [0.1, 0.15) is 40.0 Å². The molecule has 0 aliphatic carbocycles. The predicted molar refractivity (Wildman–Crippen MR) is 493 cm³/mol. The van der Waals surface area contributed by atoms with E-state index in [1.165, 1.54) is 40.4 Å². The zero-order valence-electron chi connectivity index (χ0n) is 72.2. The number of rotatable bonds is 14. The van der Waals surface area contributed by atoms with Crippen molar-refractivity contribution in [2.45, 2.75) is 146 Å². The number of imidazole rings is 4. The zero-order chi connectivity index (χ0) is 85.6. The number of nitrogens with zero attached hydrogens (tertiary/aromatic N) is 19. The van der Waals surface area contributed by atoms with Gasteiger partial charge in [0.05, 0.1) is 116 Å². The van der Waals surface area contributed by atoms with Gasteiger partial charge in [-0.1, -0.05) is 60.1 Å². The Morgan fingerprint density at radius 2 is 0.792 bits per heavy atom. The summed E-state index contributed by atoms with van der Waals surface area (Å²) in [5, 5.41) is 15.8. The predicted octanol–water partition coefficient (Wildman–Crippen LogP) is 15.5. The molecule has 0 bridgehead atoms. The van der Waals surface area contributed by atoms with Crippen LogP contribution < -0.4 is 47.1 Å². The number of fused-ring (bicyclic) bond motifs is 4. The van der Waals surface area contributed by atoms with Crippen LogP contribution in [0.25, 0.3) is 45.1 Å². The number of pyridine rings is 11. The van der Waals surface area contributed by atoms with Crippen LogP contribution in [-0.4, -0.2) is 149 Å². The normalized spacial score (nSPS) is 21.3. The number of aromatic nitrogens is 15. The average Bonchev–Trinajstić information content (AvgIpc) is 1.65. The molecule has 642 valence electrons. The molecule has 6 aliphatic heterocycles. The summed E-state index contributed by atoms with van der Waals surface area (Å²) in [4.78, 5) is 76.4. The lowest BCUT2D eigenvalue weighted by molar-refractivity contribution is 0.0441. The van der Waals surface area contributed by atoms with Crippen molar-refractivity contribution >= 4 is 51.6 Å². The number of methoxy groups -OCH3 is 1. The van der Waals surface area contributed by atoms with Crippen LogP contribution in [0.1, 0.15) is 181 Å². The molecule has 15 aromatic rings. The minimum absolute atomic E-state index is 0.0143. The third-order valence-electron chi connectivity index (χ3n) is 25.8. The molecule has 0 aromatic carbocycles. The molecular weight excluding hydrogens is 1580 g/mol. The molecule has 0 unspecified atom stereocenters. The van der Waals surface area contributed by atoms with E-state index in [0.717, 1.165) is 207 Å². The number of piperidine rings is 4. The molecule has 0 saturated carbocycles. The van der Waals surface area contributed by atoms with Gasteiger partial charge in [-0.05, 0) is 218 Å². The van der Waals surface area contributed by atoms with Gasteiger partial charge in [-0.25, -0.2) is 24.9 Å². The molecule has 125 heavy (non-hydrogen) atoms. The van der Waals surface area contributed by atoms with Crippen LogP contribution >= 0.6 is 11.6 Å². The van der Waals surface area contributed by atoms with Crippen LogP contribution in [0, 0.1) is 20.8 Å². The van der Waals surface area contributed by atoms with Gasteiger partial charge in [-0.2, -0.15) is 0 Å². The quantitative estimate of drug-likeness (QED) is 0.0790. The van der Waals surface area contributed by atoms with Gasteiger partial charge in [-0.15, -0.1) is 0 Å².